The van der Waals surface area contributed by atoms with Gasteiger partial charge in [-0.15, -0.1) is 0 Å². The van der Waals surface area contributed by atoms with Gasteiger partial charge < -0.3 is 14.8 Å². The van der Waals surface area contributed by atoms with E-state index >= 15 is 0 Å². The van der Waals surface area contributed by atoms with Crippen LogP contribution in [0.5, 0.6) is 11.5 Å². The van der Waals surface area contributed by atoms with Gasteiger partial charge in [-0.05, 0) is 74.0 Å². The smallest absolute Gasteiger partial charge is 0.264 e. The van der Waals surface area contributed by atoms with E-state index in [-0.39, 0.29) is 30.1 Å². The fourth-order valence-electron chi connectivity index (χ4n) is 3.47. The summed E-state index contributed by atoms with van der Waals surface area (Å²) in [5.41, 5.74) is 1.82. The molecule has 0 saturated heterocycles. The number of aryl methyl sites for hydroxylation is 1. The molecule has 1 aliphatic heterocycles. The number of carbonyl (C=O) groups is 1. The summed E-state index contributed by atoms with van der Waals surface area (Å²) in [4.78, 5) is 12.4. The molecule has 0 radical (unpaired) electrons. The normalized spacial score (nSPS) is 15.4. The van der Waals surface area contributed by atoms with Gasteiger partial charge in [0.05, 0.1) is 17.1 Å². The highest BCUT2D eigenvalue weighted by molar-refractivity contribution is 7.92. The van der Waals surface area contributed by atoms with Crippen LogP contribution in [0, 0.1) is 6.92 Å². The molecule has 0 aromatic heterocycles. The number of nitrogens with zero attached hydrogens (tertiary/aromatic N) is 1. The number of amides is 1. The van der Waals surface area contributed by atoms with Crippen molar-refractivity contribution in [3.05, 3.63) is 77.3 Å². The predicted molar refractivity (Wildman–Crippen MR) is 128 cm³/mol. The summed E-state index contributed by atoms with van der Waals surface area (Å²) in [6, 6.07) is 18.2. The van der Waals surface area contributed by atoms with Crippen molar-refractivity contribution in [2.75, 3.05) is 22.8 Å². The third-order valence-electron chi connectivity index (χ3n) is 5.11. The fraction of sp³-hybridized carbons (Fsp3) is 0.208. The number of sulfonamides is 1. The molecule has 33 heavy (non-hydrogen) atoms. The Hall–Kier alpha value is -3.23. The SMILES string of the molecule is Cc1cc(OCC(=O)Nc2ccc(S(=O)(=O)N3C[C@H](C)Oc4ccccc43)cc2)ccc1Cl. The first-order valence-corrected chi connectivity index (χ1v) is 12.1. The lowest BCUT2D eigenvalue weighted by Gasteiger charge is -2.34. The summed E-state index contributed by atoms with van der Waals surface area (Å²) in [6.07, 6.45) is -0.280. The van der Waals surface area contributed by atoms with Gasteiger partial charge in [-0.3, -0.25) is 9.10 Å². The van der Waals surface area contributed by atoms with Crippen molar-refractivity contribution < 1.29 is 22.7 Å². The Morgan fingerprint density at radius 3 is 2.61 bits per heavy atom. The molecule has 1 atom stereocenters. The second-order valence-corrected chi connectivity index (χ2v) is 9.97. The van der Waals surface area contributed by atoms with Crippen LogP contribution in [0.4, 0.5) is 11.4 Å². The number of fused-ring (bicyclic) bond motifs is 1. The molecule has 1 heterocycles. The number of halogens is 1. The summed E-state index contributed by atoms with van der Waals surface area (Å²) in [6.45, 7) is 3.69. The molecule has 0 unspecified atom stereocenters. The lowest BCUT2D eigenvalue weighted by atomic mass is 10.2. The summed E-state index contributed by atoms with van der Waals surface area (Å²) >= 11 is 5.99. The lowest BCUT2D eigenvalue weighted by Crippen LogP contribution is -2.42. The van der Waals surface area contributed by atoms with E-state index in [4.69, 9.17) is 21.1 Å². The van der Waals surface area contributed by atoms with Gasteiger partial charge in [-0.2, -0.15) is 0 Å². The van der Waals surface area contributed by atoms with Gasteiger partial charge in [0.1, 0.15) is 17.6 Å². The molecule has 0 saturated carbocycles. The first kappa shape index (κ1) is 22.9. The van der Waals surface area contributed by atoms with Crippen LogP contribution >= 0.6 is 11.6 Å². The second kappa shape index (κ2) is 9.33. The molecule has 3 aromatic rings. The van der Waals surface area contributed by atoms with Crippen LogP contribution in [0.1, 0.15) is 12.5 Å². The number of hydrogen-bond donors (Lipinski definition) is 1. The molecule has 0 bridgehead atoms. The fourth-order valence-corrected chi connectivity index (χ4v) is 5.13. The summed E-state index contributed by atoms with van der Waals surface area (Å²) in [5, 5.41) is 3.32. The lowest BCUT2D eigenvalue weighted by molar-refractivity contribution is -0.118. The van der Waals surface area contributed by atoms with Crippen molar-refractivity contribution in [1.82, 2.24) is 0 Å². The van der Waals surface area contributed by atoms with Crippen LogP contribution in [-0.4, -0.2) is 33.6 Å². The van der Waals surface area contributed by atoms with E-state index in [9.17, 15) is 13.2 Å². The van der Waals surface area contributed by atoms with Crippen molar-refractivity contribution in [3.8, 4) is 11.5 Å². The molecule has 4 rings (SSSR count). The van der Waals surface area contributed by atoms with Crippen molar-refractivity contribution in [3.63, 3.8) is 0 Å². The first-order chi connectivity index (χ1) is 15.7. The molecule has 9 heteroatoms. The molecule has 0 fully saturated rings. The number of carbonyl (C=O) groups excluding carboxylic acids is 1. The van der Waals surface area contributed by atoms with Crippen LogP contribution in [0.2, 0.25) is 5.02 Å². The Kier molecular flexibility index (Phi) is 6.49. The Morgan fingerprint density at radius 1 is 1.15 bits per heavy atom. The maximum absolute atomic E-state index is 13.3. The number of rotatable bonds is 6. The first-order valence-electron chi connectivity index (χ1n) is 10.3. The minimum Gasteiger partial charge on any atom is -0.487 e. The number of anilines is 2. The van der Waals surface area contributed by atoms with Gasteiger partial charge >= 0.3 is 0 Å². The highest BCUT2D eigenvalue weighted by atomic mass is 35.5. The van der Waals surface area contributed by atoms with E-state index in [0.29, 0.717) is 27.9 Å². The monoisotopic (exact) mass is 486 g/mol. The Labute approximate surface area is 197 Å². The molecule has 1 amide bonds. The molecule has 1 aliphatic rings. The molecular weight excluding hydrogens is 464 g/mol. The van der Waals surface area contributed by atoms with Gasteiger partial charge in [-0.25, -0.2) is 8.42 Å². The number of benzene rings is 3. The Bertz CT molecular complexity index is 1280. The molecular formula is C24H23ClN2O5S. The second-order valence-electron chi connectivity index (χ2n) is 7.70. The van der Waals surface area contributed by atoms with Crippen LogP contribution in [0.3, 0.4) is 0 Å². The molecule has 1 N–H and O–H groups in total. The van der Waals surface area contributed by atoms with E-state index in [0.717, 1.165) is 5.56 Å². The van der Waals surface area contributed by atoms with E-state index in [2.05, 4.69) is 5.32 Å². The minimum atomic E-state index is -3.80. The third kappa shape index (κ3) is 5.07. The Morgan fingerprint density at radius 2 is 1.88 bits per heavy atom. The largest absolute Gasteiger partial charge is 0.487 e. The van der Waals surface area contributed by atoms with Gasteiger partial charge in [-0.1, -0.05) is 23.7 Å². The number of para-hydroxylation sites is 2. The van der Waals surface area contributed by atoms with E-state index < -0.39 is 10.0 Å². The number of hydrogen-bond acceptors (Lipinski definition) is 5. The molecule has 172 valence electrons. The molecule has 3 aromatic carbocycles. The summed E-state index contributed by atoms with van der Waals surface area (Å²) in [7, 11) is -3.80. The zero-order chi connectivity index (χ0) is 23.6. The van der Waals surface area contributed by atoms with Crippen LogP contribution in [0.25, 0.3) is 0 Å². The third-order valence-corrected chi connectivity index (χ3v) is 7.33. The maximum Gasteiger partial charge on any atom is 0.264 e. The molecule has 0 aliphatic carbocycles. The summed E-state index contributed by atoms with van der Waals surface area (Å²) < 4.78 is 39.2. The zero-order valence-electron chi connectivity index (χ0n) is 18.1. The van der Waals surface area contributed by atoms with Crippen LogP contribution in [0.15, 0.2) is 71.6 Å². The van der Waals surface area contributed by atoms with E-state index in [1.54, 1.807) is 54.6 Å². The standard InChI is InChI=1S/C24H23ClN2O5S/c1-16-13-19(9-12-21(16)25)31-15-24(28)26-18-7-10-20(11-8-18)33(29,30)27-14-17(2)32-23-6-4-3-5-22(23)27/h3-13,17H,14-15H2,1-2H3,(H,26,28)/t17-/m0/s1. The number of ether oxygens (including phenoxy) is 2. The maximum atomic E-state index is 13.3. The van der Waals surface area contributed by atoms with Crippen molar-refractivity contribution >= 4 is 38.9 Å². The van der Waals surface area contributed by atoms with Gasteiger partial charge in [0, 0.05) is 10.7 Å². The van der Waals surface area contributed by atoms with E-state index in [1.165, 1.54) is 16.4 Å². The highest BCUT2D eigenvalue weighted by Crippen LogP contribution is 2.36. The van der Waals surface area contributed by atoms with Gasteiger partial charge in [0.2, 0.25) is 0 Å². The highest BCUT2D eigenvalue weighted by Gasteiger charge is 2.32. The topological polar surface area (TPSA) is 84.9 Å². The van der Waals surface area contributed by atoms with Gasteiger partial charge in [0.25, 0.3) is 15.9 Å². The quantitative estimate of drug-likeness (QED) is 0.548. The van der Waals surface area contributed by atoms with Crippen molar-refractivity contribution in [1.29, 1.82) is 0 Å². The van der Waals surface area contributed by atoms with Gasteiger partial charge in [0.15, 0.2) is 6.61 Å². The Balaban J connectivity index is 1.43. The van der Waals surface area contributed by atoms with Crippen LogP contribution in [-0.2, 0) is 14.8 Å². The average Bonchev–Trinajstić information content (AvgIpc) is 2.79. The van der Waals surface area contributed by atoms with Crippen molar-refractivity contribution in [2.24, 2.45) is 0 Å². The average molecular weight is 487 g/mol. The van der Waals surface area contributed by atoms with E-state index in [1.807, 2.05) is 13.8 Å². The van der Waals surface area contributed by atoms with Crippen LogP contribution < -0.4 is 19.1 Å². The summed E-state index contributed by atoms with van der Waals surface area (Å²) in [5.74, 6) is 0.697. The minimum absolute atomic E-state index is 0.122. The predicted octanol–water partition coefficient (Wildman–Crippen LogP) is 4.64. The van der Waals surface area contributed by atoms with Crippen molar-refractivity contribution in [2.45, 2.75) is 24.8 Å². The molecule has 0 spiro atoms. The molecule has 7 nitrogen and oxygen atoms in total. The number of nitrogens with one attached hydrogen (secondary N) is 1. The zero-order valence-corrected chi connectivity index (χ0v) is 19.7.